The van der Waals surface area contributed by atoms with Crippen molar-refractivity contribution in [1.29, 1.82) is 0 Å². The molecule has 0 unspecified atom stereocenters. The minimum absolute atomic E-state index is 0.546. The van der Waals surface area contributed by atoms with Crippen LogP contribution >= 0.6 is 0 Å². The Hall–Kier alpha value is -9.19. The van der Waals surface area contributed by atoms with Crippen LogP contribution in [0.1, 0.15) is 0 Å². The summed E-state index contributed by atoms with van der Waals surface area (Å²) < 4.78 is 4.78. The molecule has 13 aromatic rings. The summed E-state index contributed by atoms with van der Waals surface area (Å²) in [6, 6.07) is 88.3. The van der Waals surface area contributed by atoms with Gasteiger partial charge in [0.15, 0.2) is 11.6 Å². The fourth-order valence-corrected chi connectivity index (χ4v) is 10.0. The van der Waals surface area contributed by atoms with Crippen LogP contribution in [0.15, 0.2) is 249 Å². The molecule has 0 aliphatic carbocycles. The molecule has 0 N–H and O–H groups in total. The maximum atomic E-state index is 5.43. The van der Waals surface area contributed by atoms with Gasteiger partial charge in [0.25, 0.3) is 0 Å². The summed E-state index contributed by atoms with van der Waals surface area (Å²) in [7, 11) is 0. The molecule has 0 radical (unpaired) electrons. The molecule has 0 bridgehead atoms. The van der Waals surface area contributed by atoms with E-state index in [-0.39, 0.29) is 0 Å². The van der Waals surface area contributed by atoms with Gasteiger partial charge < -0.3 is 4.57 Å². The van der Waals surface area contributed by atoms with Gasteiger partial charge in [-0.25, -0.2) is 4.98 Å². The summed E-state index contributed by atoms with van der Waals surface area (Å²) >= 11 is 0. The van der Waals surface area contributed by atoms with E-state index in [0.29, 0.717) is 17.6 Å². The van der Waals surface area contributed by atoms with Crippen LogP contribution in [-0.2, 0) is 0 Å². The van der Waals surface area contributed by atoms with Crippen molar-refractivity contribution in [2.24, 2.45) is 0 Å². The highest BCUT2D eigenvalue weighted by Crippen LogP contribution is 2.46. The molecule has 0 aliphatic rings. The SMILES string of the molecule is c1ccc(-c2ccc(-c3nc(-c4ccccc4)nc(-n4c5ccccc5c5ccc6c7ccccc7n(-c7c(-c8ccccc8)cccc7-c7ccc(-c8ccccc8)cc7)c6c54)n3)cc2)cc1. The van der Waals surface area contributed by atoms with E-state index in [9.17, 15) is 0 Å². The molecule has 0 saturated carbocycles. The number of hydrogen-bond donors (Lipinski definition) is 0. The van der Waals surface area contributed by atoms with Gasteiger partial charge in [-0.2, -0.15) is 9.97 Å². The Morgan fingerprint density at radius 1 is 0.235 bits per heavy atom. The Bertz CT molecular complexity index is 3970. The van der Waals surface area contributed by atoms with Crippen LogP contribution in [0.4, 0.5) is 0 Å². The summed E-state index contributed by atoms with van der Waals surface area (Å²) in [5, 5.41) is 4.52. The standard InChI is InChI=1S/C63H41N5/c1-5-18-42(19-6-1)44-32-36-47(37-33-44)51-29-17-28-50(46-22-9-3-10-23-46)58(51)67-56-30-15-13-26-52(56)54-40-41-55-53-27-14-16-31-57(53)68(60(55)59(54)67)63-65-61(48-24-11-4-12-25-48)64-62(66-63)49-38-34-45(35-39-49)43-20-7-2-8-21-43/h1-41H. The van der Waals surface area contributed by atoms with Gasteiger partial charge in [0, 0.05) is 43.8 Å². The summed E-state index contributed by atoms with van der Waals surface area (Å²) in [6.07, 6.45) is 0. The van der Waals surface area contributed by atoms with E-state index in [2.05, 4.69) is 234 Å². The lowest BCUT2D eigenvalue weighted by Crippen LogP contribution is -2.07. The first-order valence-electron chi connectivity index (χ1n) is 23.0. The molecule has 0 atom stereocenters. The first-order valence-corrected chi connectivity index (χ1v) is 23.0. The van der Waals surface area contributed by atoms with Gasteiger partial charge in [0.1, 0.15) is 0 Å². The van der Waals surface area contributed by atoms with Crippen LogP contribution < -0.4 is 0 Å². The topological polar surface area (TPSA) is 48.5 Å². The molecule has 68 heavy (non-hydrogen) atoms. The lowest BCUT2D eigenvalue weighted by Gasteiger charge is -2.20. The molecule has 0 amide bonds. The monoisotopic (exact) mass is 867 g/mol. The van der Waals surface area contributed by atoms with Crippen LogP contribution in [0.25, 0.3) is 123 Å². The lowest BCUT2D eigenvalue weighted by molar-refractivity contribution is 0.953. The molecular formula is C63H41N5. The quantitative estimate of drug-likeness (QED) is 0.153. The second kappa shape index (κ2) is 16.4. The highest BCUT2D eigenvalue weighted by Gasteiger charge is 2.26. The third-order valence-corrected chi connectivity index (χ3v) is 13.2. The van der Waals surface area contributed by atoms with Crippen molar-refractivity contribution >= 4 is 43.6 Å². The number of rotatable bonds is 8. The zero-order valence-corrected chi connectivity index (χ0v) is 36.9. The van der Waals surface area contributed by atoms with Gasteiger partial charge in [-0.15, -0.1) is 0 Å². The van der Waals surface area contributed by atoms with Crippen molar-refractivity contribution < 1.29 is 0 Å². The van der Waals surface area contributed by atoms with Gasteiger partial charge in [-0.1, -0.05) is 237 Å². The van der Waals surface area contributed by atoms with Crippen LogP contribution in [0.2, 0.25) is 0 Å². The highest BCUT2D eigenvalue weighted by molar-refractivity contribution is 6.24. The summed E-state index contributed by atoms with van der Waals surface area (Å²) in [5.41, 5.74) is 16.3. The minimum atomic E-state index is 0.546. The summed E-state index contributed by atoms with van der Waals surface area (Å²) in [6.45, 7) is 0. The fraction of sp³-hybridized carbons (Fsp3) is 0. The number of hydrogen-bond acceptors (Lipinski definition) is 3. The van der Waals surface area contributed by atoms with E-state index in [1.807, 2.05) is 24.3 Å². The van der Waals surface area contributed by atoms with E-state index < -0.39 is 0 Å². The number of fused-ring (bicyclic) bond motifs is 7. The lowest BCUT2D eigenvalue weighted by atomic mass is 9.94. The van der Waals surface area contributed by atoms with E-state index in [4.69, 9.17) is 15.0 Å². The molecule has 0 saturated heterocycles. The van der Waals surface area contributed by atoms with Crippen molar-refractivity contribution in [2.75, 3.05) is 0 Å². The first kappa shape index (κ1) is 39.2. The molecule has 10 aromatic carbocycles. The maximum Gasteiger partial charge on any atom is 0.238 e. The van der Waals surface area contributed by atoms with Gasteiger partial charge in [-0.3, -0.25) is 4.57 Å². The van der Waals surface area contributed by atoms with E-state index in [1.54, 1.807) is 0 Å². The van der Waals surface area contributed by atoms with Crippen LogP contribution in [0.5, 0.6) is 0 Å². The Morgan fingerprint density at radius 2 is 0.588 bits per heavy atom. The van der Waals surface area contributed by atoms with Gasteiger partial charge in [-0.05, 0) is 45.5 Å². The summed E-state index contributed by atoms with van der Waals surface area (Å²) in [5.74, 6) is 1.75. The minimum Gasteiger partial charge on any atom is -0.306 e. The normalized spacial score (nSPS) is 11.5. The average Bonchev–Trinajstić information content (AvgIpc) is 3.95. The summed E-state index contributed by atoms with van der Waals surface area (Å²) in [4.78, 5) is 16.0. The van der Waals surface area contributed by atoms with Crippen LogP contribution in [-0.4, -0.2) is 24.1 Å². The zero-order chi connectivity index (χ0) is 45.0. The predicted molar refractivity (Wildman–Crippen MR) is 281 cm³/mol. The molecule has 0 aliphatic heterocycles. The average molecular weight is 868 g/mol. The second-order valence-electron chi connectivity index (χ2n) is 17.2. The van der Waals surface area contributed by atoms with Crippen molar-refractivity contribution in [3.8, 4) is 78.9 Å². The Balaban J connectivity index is 1.13. The van der Waals surface area contributed by atoms with Crippen molar-refractivity contribution in [2.45, 2.75) is 0 Å². The van der Waals surface area contributed by atoms with Gasteiger partial charge in [0.2, 0.25) is 5.95 Å². The van der Waals surface area contributed by atoms with Crippen LogP contribution in [0.3, 0.4) is 0 Å². The molecule has 3 aromatic heterocycles. The number of benzene rings is 10. The van der Waals surface area contributed by atoms with Crippen LogP contribution in [0, 0.1) is 0 Å². The first-order chi connectivity index (χ1) is 33.7. The van der Waals surface area contributed by atoms with E-state index in [1.165, 1.54) is 11.1 Å². The molecule has 3 heterocycles. The Kier molecular flexibility index (Phi) is 9.43. The van der Waals surface area contributed by atoms with E-state index >= 15 is 0 Å². The Labute approximate surface area is 393 Å². The van der Waals surface area contributed by atoms with Gasteiger partial charge in [0.05, 0.1) is 27.8 Å². The third-order valence-electron chi connectivity index (χ3n) is 13.2. The largest absolute Gasteiger partial charge is 0.306 e. The van der Waals surface area contributed by atoms with Crippen molar-refractivity contribution in [3.05, 3.63) is 249 Å². The number of nitrogens with zero attached hydrogens (tertiary/aromatic N) is 5. The maximum absolute atomic E-state index is 5.43. The Morgan fingerprint density at radius 3 is 1.10 bits per heavy atom. The zero-order valence-electron chi connectivity index (χ0n) is 36.9. The van der Waals surface area contributed by atoms with Crippen molar-refractivity contribution in [1.82, 2.24) is 24.1 Å². The second-order valence-corrected chi connectivity index (χ2v) is 17.2. The third kappa shape index (κ3) is 6.59. The molecule has 0 fully saturated rings. The molecule has 13 rings (SSSR count). The number of para-hydroxylation sites is 3. The smallest absolute Gasteiger partial charge is 0.238 e. The predicted octanol–water partition coefficient (Wildman–Crippen LogP) is 16.1. The number of aromatic nitrogens is 5. The highest BCUT2D eigenvalue weighted by atomic mass is 15.2. The molecule has 318 valence electrons. The van der Waals surface area contributed by atoms with E-state index in [0.717, 1.165) is 93.8 Å². The molecule has 0 spiro atoms. The van der Waals surface area contributed by atoms with Crippen molar-refractivity contribution in [3.63, 3.8) is 0 Å². The molecule has 5 nitrogen and oxygen atoms in total. The fourth-order valence-electron chi connectivity index (χ4n) is 10.0. The molecular weight excluding hydrogens is 827 g/mol. The molecule has 5 heteroatoms. The van der Waals surface area contributed by atoms with Gasteiger partial charge >= 0.3 is 0 Å².